The molecule has 4 atom stereocenters. The Hall–Kier alpha value is -5.17. The number of rotatable bonds is 6. The zero-order chi connectivity index (χ0) is 29.0. The Bertz CT molecular complexity index is 1780. The van der Waals surface area contributed by atoms with Crippen LogP contribution in [-0.4, -0.2) is 42.6 Å². The summed E-state index contributed by atoms with van der Waals surface area (Å²) in [5.74, 6) is -0.981. The molecule has 42 heavy (non-hydrogen) atoms. The van der Waals surface area contributed by atoms with Gasteiger partial charge in [-0.2, -0.15) is 0 Å². The molecule has 1 spiro atoms. The van der Waals surface area contributed by atoms with Crippen molar-refractivity contribution < 1.29 is 23.9 Å². The first kappa shape index (κ1) is 25.8. The van der Waals surface area contributed by atoms with E-state index in [9.17, 15) is 14.4 Å². The highest BCUT2D eigenvalue weighted by Gasteiger charge is 2.70. The van der Waals surface area contributed by atoms with E-state index in [4.69, 9.17) is 9.47 Å². The number of methoxy groups -OCH3 is 2. The van der Waals surface area contributed by atoms with Crippen molar-refractivity contribution in [3.8, 4) is 11.5 Å². The van der Waals surface area contributed by atoms with E-state index in [2.05, 4.69) is 5.32 Å². The van der Waals surface area contributed by atoms with Crippen LogP contribution >= 0.6 is 0 Å². The lowest BCUT2D eigenvalue weighted by Gasteiger charge is -2.38. The van der Waals surface area contributed by atoms with Gasteiger partial charge in [-0.05, 0) is 47.0 Å². The van der Waals surface area contributed by atoms with E-state index in [-0.39, 0.29) is 17.5 Å². The summed E-state index contributed by atoms with van der Waals surface area (Å²) in [5.41, 5.74) is 2.63. The number of carbonyl (C=O) groups is 3. The number of nitrogens with one attached hydrogen (secondary N) is 1. The number of ketones is 2. The first-order valence-corrected chi connectivity index (χ1v) is 13.8. The molecule has 1 N–H and O–H groups in total. The summed E-state index contributed by atoms with van der Waals surface area (Å²) in [7, 11) is 3.05. The third kappa shape index (κ3) is 3.49. The molecular weight excluding hydrogens is 528 g/mol. The summed E-state index contributed by atoms with van der Waals surface area (Å²) in [6.07, 6.45) is 3.81. The van der Waals surface area contributed by atoms with Crippen LogP contribution in [0.15, 0.2) is 103 Å². The topological polar surface area (TPSA) is 84.9 Å². The molecule has 3 heterocycles. The van der Waals surface area contributed by atoms with Gasteiger partial charge in [0.2, 0.25) is 5.91 Å². The van der Waals surface area contributed by atoms with Gasteiger partial charge in [0, 0.05) is 23.0 Å². The maximum Gasteiger partial charge on any atom is 0.238 e. The number of hydrogen-bond acceptors (Lipinski definition) is 6. The predicted molar refractivity (Wildman–Crippen MR) is 159 cm³/mol. The lowest BCUT2D eigenvalue weighted by atomic mass is 9.62. The van der Waals surface area contributed by atoms with E-state index in [0.29, 0.717) is 33.9 Å². The van der Waals surface area contributed by atoms with Crippen molar-refractivity contribution in [3.05, 3.63) is 131 Å². The van der Waals surface area contributed by atoms with Gasteiger partial charge in [-0.15, -0.1) is 0 Å². The van der Waals surface area contributed by atoms with Crippen LogP contribution < -0.4 is 14.8 Å². The Morgan fingerprint density at radius 1 is 0.786 bits per heavy atom. The van der Waals surface area contributed by atoms with Crippen molar-refractivity contribution >= 4 is 29.2 Å². The van der Waals surface area contributed by atoms with Crippen molar-refractivity contribution in [1.82, 2.24) is 4.90 Å². The number of hydrogen-bond donors (Lipinski definition) is 1. The fourth-order valence-electron chi connectivity index (χ4n) is 7.11. The normalized spacial score (nSPS) is 23.1. The summed E-state index contributed by atoms with van der Waals surface area (Å²) < 4.78 is 10.9. The number of Topliss-reactive ketones (excluding diaryl/α,β-unsaturated/α-hetero) is 2. The van der Waals surface area contributed by atoms with Crippen molar-refractivity contribution in [2.75, 3.05) is 19.5 Å². The zero-order valence-corrected chi connectivity index (χ0v) is 23.1. The van der Waals surface area contributed by atoms with E-state index >= 15 is 0 Å². The average molecular weight is 557 g/mol. The molecule has 0 aliphatic carbocycles. The van der Waals surface area contributed by atoms with Gasteiger partial charge in [0.15, 0.2) is 23.1 Å². The number of benzene rings is 4. The molecule has 3 aliphatic rings. The minimum atomic E-state index is -1.37. The van der Waals surface area contributed by atoms with Crippen molar-refractivity contribution in [2.24, 2.45) is 5.92 Å². The van der Waals surface area contributed by atoms with Crippen LogP contribution in [0, 0.1) is 5.92 Å². The SMILES string of the molecule is COc1ccc(C(=O)[C@H]2[C@@H](C(=O)c3ccccc3)[C@]3(C(=O)Nc4ccccc43)[C@H]3c4ccccc4C=CN23)cc1OC. The fourth-order valence-corrected chi connectivity index (χ4v) is 7.11. The Balaban J connectivity index is 1.52. The maximum atomic E-state index is 14.8. The van der Waals surface area contributed by atoms with Crippen molar-refractivity contribution in [3.63, 3.8) is 0 Å². The van der Waals surface area contributed by atoms with Gasteiger partial charge in [0.1, 0.15) is 11.5 Å². The molecule has 1 saturated heterocycles. The minimum Gasteiger partial charge on any atom is -0.493 e. The molecule has 4 aromatic carbocycles. The standard InChI is InChI=1S/C35H28N2O5/c1-41-27-17-16-23(20-28(27)42-2)32(39)30-29(31(38)22-11-4-3-5-12-22)35(25-14-8-9-15-26(25)36-34(35)40)33-24-13-7-6-10-21(24)18-19-37(30)33/h3-20,29-30,33H,1-2H3,(H,36,40)/t29-,30+,33+,35-/m0/s1. The molecule has 0 bridgehead atoms. The van der Waals surface area contributed by atoms with E-state index in [0.717, 1.165) is 11.1 Å². The number of carbonyl (C=O) groups excluding carboxylic acids is 3. The number of ether oxygens (including phenoxy) is 2. The smallest absolute Gasteiger partial charge is 0.238 e. The number of anilines is 1. The van der Waals surface area contributed by atoms with Gasteiger partial charge in [-0.3, -0.25) is 14.4 Å². The van der Waals surface area contributed by atoms with Gasteiger partial charge in [0.25, 0.3) is 0 Å². The van der Waals surface area contributed by atoms with Crippen LogP contribution in [0.1, 0.15) is 43.4 Å². The van der Waals surface area contributed by atoms with Crippen LogP contribution in [0.3, 0.4) is 0 Å². The second-order valence-corrected chi connectivity index (χ2v) is 10.7. The van der Waals surface area contributed by atoms with Gasteiger partial charge < -0.3 is 19.7 Å². The highest BCUT2D eigenvalue weighted by molar-refractivity contribution is 6.16. The van der Waals surface area contributed by atoms with E-state index in [1.54, 1.807) is 42.5 Å². The molecule has 7 heteroatoms. The number of amides is 1. The van der Waals surface area contributed by atoms with Crippen LogP contribution in [0.2, 0.25) is 0 Å². The Kier molecular flexibility index (Phi) is 5.97. The summed E-state index contributed by atoms with van der Waals surface area (Å²) in [4.78, 5) is 45.9. The Morgan fingerprint density at radius 2 is 1.50 bits per heavy atom. The molecule has 4 aromatic rings. The molecule has 0 saturated carbocycles. The predicted octanol–water partition coefficient (Wildman–Crippen LogP) is 5.69. The first-order valence-electron chi connectivity index (χ1n) is 13.8. The molecule has 7 rings (SSSR count). The lowest BCUT2D eigenvalue weighted by molar-refractivity contribution is -0.122. The van der Waals surface area contributed by atoms with Crippen LogP contribution in [0.25, 0.3) is 6.08 Å². The molecule has 7 nitrogen and oxygen atoms in total. The molecule has 0 unspecified atom stereocenters. The number of nitrogens with zero attached hydrogens (tertiary/aromatic N) is 1. The van der Waals surface area contributed by atoms with Crippen LogP contribution in [0.4, 0.5) is 5.69 Å². The molecule has 0 aromatic heterocycles. The minimum absolute atomic E-state index is 0.262. The quantitative estimate of drug-likeness (QED) is 0.308. The highest BCUT2D eigenvalue weighted by Crippen LogP contribution is 2.62. The lowest BCUT2D eigenvalue weighted by Crippen LogP contribution is -2.49. The van der Waals surface area contributed by atoms with Crippen LogP contribution in [0.5, 0.6) is 11.5 Å². The second kappa shape index (κ2) is 9.73. The third-order valence-electron chi connectivity index (χ3n) is 8.85. The van der Waals surface area contributed by atoms with Gasteiger partial charge in [-0.1, -0.05) is 72.8 Å². The largest absolute Gasteiger partial charge is 0.493 e. The molecule has 0 radical (unpaired) electrons. The molecule has 1 amide bonds. The van der Waals surface area contributed by atoms with Gasteiger partial charge in [-0.25, -0.2) is 0 Å². The summed E-state index contributed by atoms with van der Waals surface area (Å²) in [5, 5.41) is 3.07. The Morgan fingerprint density at radius 3 is 2.29 bits per heavy atom. The average Bonchev–Trinajstić information content (AvgIpc) is 3.52. The number of fused-ring (bicyclic) bond motifs is 6. The summed E-state index contributed by atoms with van der Waals surface area (Å²) in [6, 6.07) is 27.7. The Labute approximate surface area is 243 Å². The van der Waals surface area contributed by atoms with E-state index in [1.165, 1.54) is 14.2 Å². The van der Waals surface area contributed by atoms with E-state index < -0.39 is 23.4 Å². The monoisotopic (exact) mass is 556 g/mol. The van der Waals surface area contributed by atoms with Gasteiger partial charge in [0.05, 0.1) is 26.2 Å². The van der Waals surface area contributed by atoms with Gasteiger partial charge >= 0.3 is 0 Å². The molecule has 1 fully saturated rings. The highest BCUT2D eigenvalue weighted by atomic mass is 16.5. The third-order valence-corrected chi connectivity index (χ3v) is 8.85. The number of para-hydroxylation sites is 1. The summed E-state index contributed by atoms with van der Waals surface area (Å²) in [6.45, 7) is 0. The molecule has 3 aliphatic heterocycles. The van der Waals surface area contributed by atoms with Crippen molar-refractivity contribution in [1.29, 1.82) is 0 Å². The summed E-state index contributed by atoms with van der Waals surface area (Å²) >= 11 is 0. The second-order valence-electron chi connectivity index (χ2n) is 10.7. The van der Waals surface area contributed by atoms with Crippen LogP contribution in [-0.2, 0) is 10.2 Å². The maximum absolute atomic E-state index is 14.8. The zero-order valence-electron chi connectivity index (χ0n) is 23.1. The van der Waals surface area contributed by atoms with E-state index in [1.807, 2.05) is 71.8 Å². The first-order chi connectivity index (χ1) is 20.5. The molecular formula is C35H28N2O5. The fraction of sp³-hybridized carbons (Fsp3) is 0.171. The molecule has 208 valence electrons. The van der Waals surface area contributed by atoms with Crippen molar-refractivity contribution in [2.45, 2.75) is 17.5 Å².